The second kappa shape index (κ2) is 11.1. The first-order valence-electron chi connectivity index (χ1n) is 9.41. The minimum absolute atomic E-state index is 0. The van der Waals surface area contributed by atoms with Crippen molar-refractivity contribution >= 4 is 29.9 Å². The average Bonchev–Trinajstić information content (AvgIpc) is 3.14. The highest BCUT2D eigenvalue weighted by atomic mass is 127. The van der Waals surface area contributed by atoms with Crippen LogP contribution in [0.1, 0.15) is 32.5 Å². The Morgan fingerprint density at radius 2 is 1.96 bits per heavy atom. The molecule has 1 aromatic carbocycles. The molecule has 2 heterocycles. The number of rotatable bonds is 6. The summed E-state index contributed by atoms with van der Waals surface area (Å²) in [6, 6.07) is 10.1. The number of ether oxygens (including phenoxy) is 1. The molecular weight excluding hydrogens is 455 g/mol. The number of nitrogens with one attached hydrogen (secondary N) is 1. The lowest BCUT2D eigenvalue weighted by atomic mass is 10.1. The predicted molar refractivity (Wildman–Crippen MR) is 118 cm³/mol. The quantitative estimate of drug-likeness (QED) is 0.388. The third-order valence-electron chi connectivity index (χ3n) is 4.53. The molecular formula is C19H29IN6O. The van der Waals surface area contributed by atoms with Crippen molar-refractivity contribution in [2.24, 2.45) is 4.99 Å². The Hall–Kier alpha value is -1.84. The van der Waals surface area contributed by atoms with Crippen molar-refractivity contribution < 1.29 is 4.74 Å². The minimum atomic E-state index is 0. The van der Waals surface area contributed by atoms with Crippen molar-refractivity contribution in [1.82, 2.24) is 25.0 Å². The van der Waals surface area contributed by atoms with E-state index in [1.54, 1.807) is 6.33 Å². The lowest BCUT2D eigenvalue weighted by molar-refractivity contribution is 0.129. The lowest BCUT2D eigenvalue weighted by Gasteiger charge is -2.34. The second-order valence-corrected chi connectivity index (χ2v) is 6.32. The van der Waals surface area contributed by atoms with Crippen LogP contribution in [0.3, 0.4) is 0 Å². The number of para-hydroxylation sites is 1. The number of hydrogen-bond acceptors (Lipinski definition) is 4. The second-order valence-electron chi connectivity index (χ2n) is 6.32. The van der Waals surface area contributed by atoms with E-state index in [9.17, 15) is 0 Å². The average molecular weight is 484 g/mol. The van der Waals surface area contributed by atoms with Crippen molar-refractivity contribution in [2.75, 3.05) is 19.6 Å². The van der Waals surface area contributed by atoms with Gasteiger partial charge in [-0.1, -0.05) is 18.2 Å². The SMILES string of the molecule is CCNC(=NCc1nncn1CC)N1CCC(Oc2ccccc2)CC1.I. The molecule has 7 nitrogen and oxygen atoms in total. The standard InChI is InChI=1S/C19H28N6O.HI/c1-3-20-19(21-14-18-23-22-15-24(18)4-2)25-12-10-17(11-13-25)26-16-8-6-5-7-9-16;/h5-9,15,17H,3-4,10-14H2,1-2H3,(H,20,21);1H. The van der Waals surface area contributed by atoms with Crippen LogP contribution in [0.25, 0.3) is 0 Å². The summed E-state index contributed by atoms with van der Waals surface area (Å²) in [4.78, 5) is 7.07. The van der Waals surface area contributed by atoms with Gasteiger partial charge in [0, 0.05) is 39.0 Å². The Morgan fingerprint density at radius 3 is 2.63 bits per heavy atom. The molecule has 0 aliphatic carbocycles. The molecule has 148 valence electrons. The van der Waals surface area contributed by atoms with Crippen LogP contribution in [0, 0.1) is 0 Å². The molecule has 27 heavy (non-hydrogen) atoms. The summed E-state index contributed by atoms with van der Waals surface area (Å²) < 4.78 is 8.10. The number of nitrogens with zero attached hydrogens (tertiary/aromatic N) is 5. The smallest absolute Gasteiger partial charge is 0.194 e. The van der Waals surface area contributed by atoms with E-state index in [2.05, 4.69) is 34.3 Å². The number of piperidine rings is 1. The number of likely N-dealkylation sites (tertiary alicyclic amines) is 1. The van der Waals surface area contributed by atoms with Crippen LogP contribution in [-0.2, 0) is 13.1 Å². The predicted octanol–water partition coefficient (Wildman–Crippen LogP) is 2.92. The number of benzene rings is 1. The summed E-state index contributed by atoms with van der Waals surface area (Å²) >= 11 is 0. The number of guanidine groups is 1. The number of aliphatic imine (C=N–C) groups is 1. The molecule has 8 heteroatoms. The Bertz CT molecular complexity index is 697. The number of aryl methyl sites for hydroxylation is 1. The number of hydrogen-bond donors (Lipinski definition) is 1. The Balaban J connectivity index is 0.00000261. The van der Waals surface area contributed by atoms with Gasteiger partial charge >= 0.3 is 0 Å². The molecule has 1 fully saturated rings. The van der Waals surface area contributed by atoms with Crippen LogP contribution in [0.5, 0.6) is 5.75 Å². The molecule has 0 saturated carbocycles. The van der Waals surface area contributed by atoms with Gasteiger partial charge in [-0.2, -0.15) is 0 Å². The lowest BCUT2D eigenvalue weighted by Crippen LogP contribution is -2.47. The third kappa shape index (κ3) is 6.08. The van der Waals surface area contributed by atoms with E-state index in [4.69, 9.17) is 9.73 Å². The van der Waals surface area contributed by atoms with Crippen molar-refractivity contribution in [3.8, 4) is 5.75 Å². The van der Waals surface area contributed by atoms with Gasteiger partial charge in [0.05, 0.1) is 0 Å². The monoisotopic (exact) mass is 484 g/mol. The molecule has 1 saturated heterocycles. The van der Waals surface area contributed by atoms with Gasteiger partial charge in [0.2, 0.25) is 0 Å². The van der Waals surface area contributed by atoms with Crippen LogP contribution in [-0.4, -0.2) is 51.4 Å². The molecule has 0 bridgehead atoms. The zero-order valence-corrected chi connectivity index (χ0v) is 18.4. The van der Waals surface area contributed by atoms with Crippen LogP contribution in [0.15, 0.2) is 41.7 Å². The van der Waals surface area contributed by atoms with Gasteiger partial charge in [0.25, 0.3) is 0 Å². The van der Waals surface area contributed by atoms with E-state index in [1.807, 2.05) is 34.9 Å². The maximum Gasteiger partial charge on any atom is 0.194 e. The zero-order valence-electron chi connectivity index (χ0n) is 16.0. The van der Waals surface area contributed by atoms with Crippen LogP contribution < -0.4 is 10.1 Å². The van der Waals surface area contributed by atoms with Crippen LogP contribution in [0.2, 0.25) is 0 Å². The maximum atomic E-state index is 6.08. The van der Waals surface area contributed by atoms with Gasteiger partial charge in [-0.3, -0.25) is 0 Å². The van der Waals surface area contributed by atoms with Gasteiger partial charge in [-0.15, -0.1) is 34.2 Å². The fourth-order valence-corrected chi connectivity index (χ4v) is 3.11. The Labute approximate surface area is 178 Å². The molecule has 0 spiro atoms. The molecule has 0 amide bonds. The van der Waals surface area contributed by atoms with Crippen molar-refractivity contribution in [1.29, 1.82) is 0 Å². The van der Waals surface area contributed by atoms with Crippen molar-refractivity contribution in [3.05, 3.63) is 42.5 Å². The summed E-state index contributed by atoms with van der Waals surface area (Å²) in [5.74, 6) is 2.78. The molecule has 1 aromatic heterocycles. The molecule has 0 radical (unpaired) electrons. The van der Waals surface area contributed by atoms with E-state index >= 15 is 0 Å². The molecule has 0 atom stereocenters. The van der Waals surface area contributed by atoms with Crippen molar-refractivity contribution in [2.45, 2.75) is 45.9 Å². The van der Waals surface area contributed by atoms with Gasteiger partial charge in [0.15, 0.2) is 11.8 Å². The molecule has 0 unspecified atom stereocenters. The van der Waals surface area contributed by atoms with Gasteiger partial charge in [0.1, 0.15) is 24.7 Å². The maximum absolute atomic E-state index is 6.08. The first kappa shape index (κ1) is 21.5. The summed E-state index contributed by atoms with van der Waals surface area (Å²) in [5, 5.41) is 11.5. The normalized spacial score (nSPS) is 15.3. The summed E-state index contributed by atoms with van der Waals surface area (Å²) in [6.07, 6.45) is 4.00. The topological polar surface area (TPSA) is 67.6 Å². The molecule has 1 aliphatic heterocycles. The zero-order chi connectivity index (χ0) is 18.2. The molecule has 1 aliphatic rings. The van der Waals surface area contributed by atoms with Gasteiger partial charge < -0.3 is 19.5 Å². The fraction of sp³-hybridized carbons (Fsp3) is 0.526. The van der Waals surface area contributed by atoms with Gasteiger partial charge in [-0.05, 0) is 26.0 Å². The molecule has 1 N–H and O–H groups in total. The number of halogens is 1. The third-order valence-corrected chi connectivity index (χ3v) is 4.53. The summed E-state index contributed by atoms with van der Waals surface area (Å²) in [5.41, 5.74) is 0. The van der Waals surface area contributed by atoms with E-state index in [0.717, 1.165) is 56.6 Å². The van der Waals surface area contributed by atoms with E-state index in [1.165, 1.54) is 0 Å². The van der Waals surface area contributed by atoms with E-state index in [0.29, 0.717) is 6.54 Å². The summed E-state index contributed by atoms with van der Waals surface area (Å²) in [7, 11) is 0. The Morgan fingerprint density at radius 1 is 1.22 bits per heavy atom. The fourth-order valence-electron chi connectivity index (χ4n) is 3.11. The highest BCUT2D eigenvalue weighted by Crippen LogP contribution is 2.18. The van der Waals surface area contributed by atoms with Crippen LogP contribution in [0.4, 0.5) is 0 Å². The molecule has 3 rings (SSSR count). The van der Waals surface area contributed by atoms with E-state index < -0.39 is 0 Å². The van der Waals surface area contributed by atoms with Crippen molar-refractivity contribution in [3.63, 3.8) is 0 Å². The number of aromatic nitrogens is 3. The minimum Gasteiger partial charge on any atom is -0.490 e. The molecule has 2 aromatic rings. The first-order valence-corrected chi connectivity index (χ1v) is 9.41. The van der Waals surface area contributed by atoms with Gasteiger partial charge in [-0.25, -0.2) is 4.99 Å². The summed E-state index contributed by atoms with van der Waals surface area (Å²) in [6.45, 7) is 8.29. The van der Waals surface area contributed by atoms with Crippen LogP contribution >= 0.6 is 24.0 Å². The highest BCUT2D eigenvalue weighted by Gasteiger charge is 2.22. The highest BCUT2D eigenvalue weighted by molar-refractivity contribution is 14.0. The Kier molecular flexibility index (Phi) is 8.83. The largest absolute Gasteiger partial charge is 0.490 e. The van der Waals surface area contributed by atoms with E-state index in [-0.39, 0.29) is 30.1 Å². The first-order chi connectivity index (χ1) is 12.8.